The van der Waals surface area contributed by atoms with Gasteiger partial charge in [0.2, 0.25) is 0 Å². The average Bonchev–Trinajstić information content (AvgIpc) is 3.05. The van der Waals surface area contributed by atoms with Crippen LogP contribution in [0.2, 0.25) is 0 Å². The van der Waals surface area contributed by atoms with E-state index in [0.29, 0.717) is 39.9 Å². The zero-order valence-corrected chi connectivity index (χ0v) is 20.6. The molecule has 0 aromatic heterocycles. The molecule has 7 heteroatoms. The van der Waals surface area contributed by atoms with Crippen LogP contribution in [-0.2, 0) is 4.79 Å². The van der Waals surface area contributed by atoms with Gasteiger partial charge in [-0.1, -0.05) is 62.1 Å². The molecule has 2 aromatic rings. The number of likely N-dealkylation sites (N-methyl/N-ethyl adjacent to an activating group) is 1. The summed E-state index contributed by atoms with van der Waals surface area (Å²) >= 11 is 6.48. The number of hydrogen-bond donors (Lipinski definition) is 0. The number of rotatable bonds is 10. The molecule has 1 saturated heterocycles. The van der Waals surface area contributed by atoms with Crippen molar-refractivity contribution in [2.45, 2.75) is 32.6 Å². The highest BCUT2D eigenvalue weighted by molar-refractivity contribution is 8.26. The summed E-state index contributed by atoms with van der Waals surface area (Å²) in [6.07, 6.45) is 3.64. The smallest absolute Gasteiger partial charge is 0.265 e. The van der Waals surface area contributed by atoms with Crippen LogP contribution >= 0.6 is 24.0 Å². The summed E-state index contributed by atoms with van der Waals surface area (Å²) in [5, 5.41) is 0. The lowest BCUT2D eigenvalue weighted by atomic mass is 9.98. The number of thioether (sulfide) groups is 1. The Bertz CT molecular complexity index is 1010. The largest absolute Gasteiger partial charge is 0.493 e. The Kier molecular flexibility index (Phi) is 8.59. The summed E-state index contributed by atoms with van der Waals surface area (Å²) in [7, 11) is 3.29. The lowest BCUT2D eigenvalue weighted by Gasteiger charge is -2.16. The zero-order valence-electron chi connectivity index (χ0n) is 18.9. The highest BCUT2D eigenvalue weighted by Crippen LogP contribution is 2.34. The van der Waals surface area contributed by atoms with Gasteiger partial charge in [-0.3, -0.25) is 9.69 Å². The fourth-order valence-corrected chi connectivity index (χ4v) is 4.43. The molecule has 1 aliphatic heterocycles. The van der Waals surface area contributed by atoms with Gasteiger partial charge < -0.3 is 14.2 Å². The molecule has 5 nitrogen and oxygen atoms in total. The predicted octanol–water partition coefficient (Wildman–Crippen LogP) is 5.89. The lowest BCUT2D eigenvalue weighted by Crippen LogP contribution is -2.22. The SMILES string of the molecule is CC[C@H](C)c1ccccc1OCCCOc1ccc(/C=C2\SC(=S)N(C)C2=O)cc1OC. The molecule has 0 radical (unpaired) electrons. The molecule has 1 heterocycles. The first-order valence-corrected chi connectivity index (χ1v) is 11.9. The van der Waals surface area contributed by atoms with Gasteiger partial charge in [0.1, 0.15) is 10.1 Å². The molecule has 0 bridgehead atoms. The molecule has 32 heavy (non-hydrogen) atoms. The summed E-state index contributed by atoms with van der Waals surface area (Å²) in [5.74, 6) is 2.60. The summed E-state index contributed by atoms with van der Waals surface area (Å²) in [5.41, 5.74) is 2.10. The molecule has 0 unspecified atom stereocenters. The number of thiocarbonyl (C=S) groups is 1. The third-order valence-electron chi connectivity index (χ3n) is 5.34. The number of methoxy groups -OCH3 is 1. The molecule has 1 aliphatic rings. The van der Waals surface area contributed by atoms with Gasteiger partial charge in [0, 0.05) is 13.5 Å². The average molecular weight is 472 g/mol. The molecule has 3 rings (SSSR count). The first-order chi connectivity index (χ1) is 15.4. The quantitative estimate of drug-likeness (QED) is 0.245. The Morgan fingerprint density at radius 3 is 2.47 bits per heavy atom. The van der Waals surface area contributed by atoms with Gasteiger partial charge in [-0.2, -0.15) is 0 Å². The maximum absolute atomic E-state index is 12.2. The van der Waals surface area contributed by atoms with Crippen LogP contribution in [0.5, 0.6) is 17.2 Å². The first kappa shape index (κ1) is 24.1. The van der Waals surface area contributed by atoms with Crippen LogP contribution in [0.25, 0.3) is 6.08 Å². The maximum atomic E-state index is 12.2. The Morgan fingerprint density at radius 1 is 1.09 bits per heavy atom. The minimum atomic E-state index is -0.0887. The van der Waals surface area contributed by atoms with E-state index in [2.05, 4.69) is 26.0 Å². The summed E-state index contributed by atoms with van der Waals surface area (Å²) in [6, 6.07) is 13.8. The van der Waals surface area contributed by atoms with Gasteiger partial charge in [-0.15, -0.1) is 0 Å². The highest BCUT2D eigenvalue weighted by atomic mass is 32.2. The monoisotopic (exact) mass is 471 g/mol. The fraction of sp³-hybridized carbons (Fsp3) is 0.360. The van der Waals surface area contributed by atoms with E-state index in [1.165, 1.54) is 22.2 Å². The van der Waals surface area contributed by atoms with Crippen LogP contribution in [0.3, 0.4) is 0 Å². The highest BCUT2D eigenvalue weighted by Gasteiger charge is 2.28. The van der Waals surface area contributed by atoms with Crippen LogP contribution in [-0.4, -0.2) is 42.5 Å². The number of benzene rings is 2. The van der Waals surface area contributed by atoms with Crippen molar-refractivity contribution >= 4 is 40.3 Å². The summed E-state index contributed by atoms with van der Waals surface area (Å²) in [6.45, 7) is 5.48. The minimum absolute atomic E-state index is 0.0887. The molecule has 0 spiro atoms. The van der Waals surface area contributed by atoms with E-state index in [0.717, 1.165) is 24.2 Å². The first-order valence-electron chi connectivity index (χ1n) is 10.7. The maximum Gasteiger partial charge on any atom is 0.265 e. The van der Waals surface area contributed by atoms with Crippen molar-refractivity contribution in [1.82, 2.24) is 4.90 Å². The Morgan fingerprint density at radius 2 is 1.81 bits per heavy atom. The number of nitrogens with zero attached hydrogens (tertiary/aromatic N) is 1. The molecule has 1 atom stereocenters. The molecule has 2 aromatic carbocycles. The number of para-hydroxylation sites is 1. The second-order valence-electron chi connectivity index (χ2n) is 7.55. The van der Waals surface area contributed by atoms with Crippen molar-refractivity contribution in [3.63, 3.8) is 0 Å². The van der Waals surface area contributed by atoms with E-state index >= 15 is 0 Å². The number of carbonyl (C=O) groups excluding carboxylic acids is 1. The van der Waals surface area contributed by atoms with Crippen LogP contribution in [0.15, 0.2) is 47.4 Å². The molecule has 0 aliphatic carbocycles. The number of ether oxygens (including phenoxy) is 3. The van der Waals surface area contributed by atoms with E-state index in [9.17, 15) is 4.79 Å². The normalized spacial score (nSPS) is 15.9. The van der Waals surface area contributed by atoms with E-state index < -0.39 is 0 Å². The van der Waals surface area contributed by atoms with Gasteiger partial charge in [0.25, 0.3) is 5.91 Å². The topological polar surface area (TPSA) is 48.0 Å². The third kappa shape index (κ3) is 5.84. The van der Waals surface area contributed by atoms with E-state index in [4.69, 9.17) is 26.4 Å². The van der Waals surface area contributed by atoms with Crippen molar-refractivity contribution in [2.75, 3.05) is 27.4 Å². The van der Waals surface area contributed by atoms with Gasteiger partial charge in [-0.05, 0) is 47.7 Å². The standard InChI is InChI=1S/C25H29NO4S2/c1-5-17(2)19-9-6-7-10-20(19)29-13-8-14-30-21-12-11-18(15-22(21)28-4)16-23-24(27)26(3)25(31)32-23/h6-7,9-12,15-17H,5,8,13-14H2,1-4H3/b23-16-/t17-/m0/s1. The Balaban J connectivity index is 1.55. The molecule has 1 amide bonds. The van der Waals surface area contributed by atoms with Crippen molar-refractivity contribution in [2.24, 2.45) is 0 Å². The summed E-state index contributed by atoms with van der Waals surface area (Å²) in [4.78, 5) is 14.3. The molecular formula is C25H29NO4S2. The predicted molar refractivity (Wildman–Crippen MR) is 135 cm³/mol. The number of hydrogen-bond acceptors (Lipinski definition) is 6. The van der Waals surface area contributed by atoms with Crippen LogP contribution in [0.1, 0.15) is 43.7 Å². The zero-order chi connectivity index (χ0) is 23.1. The van der Waals surface area contributed by atoms with Gasteiger partial charge in [0.15, 0.2) is 11.5 Å². The van der Waals surface area contributed by atoms with E-state index in [1.54, 1.807) is 14.2 Å². The lowest BCUT2D eigenvalue weighted by molar-refractivity contribution is -0.121. The van der Waals surface area contributed by atoms with Crippen LogP contribution in [0, 0.1) is 0 Å². The van der Waals surface area contributed by atoms with E-state index in [1.807, 2.05) is 36.4 Å². The third-order valence-corrected chi connectivity index (χ3v) is 6.82. The second kappa shape index (κ2) is 11.4. The Labute approximate surface area is 199 Å². The van der Waals surface area contributed by atoms with Gasteiger partial charge in [-0.25, -0.2) is 0 Å². The number of amides is 1. The van der Waals surface area contributed by atoms with Crippen molar-refractivity contribution < 1.29 is 19.0 Å². The molecule has 1 fully saturated rings. The van der Waals surface area contributed by atoms with Gasteiger partial charge >= 0.3 is 0 Å². The van der Waals surface area contributed by atoms with Crippen molar-refractivity contribution in [3.05, 3.63) is 58.5 Å². The molecule has 0 saturated carbocycles. The van der Waals surface area contributed by atoms with Crippen LogP contribution in [0.4, 0.5) is 0 Å². The van der Waals surface area contributed by atoms with Gasteiger partial charge in [0.05, 0.1) is 25.2 Å². The van der Waals surface area contributed by atoms with Crippen molar-refractivity contribution in [3.8, 4) is 17.2 Å². The van der Waals surface area contributed by atoms with Crippen LogP contribution < -0.4 is 14.2 Å². The second-order valence-corrected chi connectivity index (χ2v) is 9.22. The fourth-order valence-electron chi connectivity index (χ4n) is 3.25. The molecular weight excluding hydrogens is 442 g/mol. The Hall–Kier alpha value is -2.51. The molecule has 0 N–H and O–H groups in total. The number of carbonyl (C=O) groups is 1. The van der Waals surface area contributed by atoms with E-state index in [-0.39, 0.29) is 5.91 Å². The molecule has 170 valence electrons. The minimum Gasteiger partial charge on any atom is -0.493 e. The summed E-state index contributed by atoms with van der Waals surface area (Å²) < 4.78 is 18.0. The van der Waals surface area contributed by atoms with Crippen molar-refractivity contribution in [1.29, 1.82) is 0 Å².